The molecule has 20 heavy (non-hydrogen) atoms. The highest BCUT2D eigenvalue weighted by Gasteiger charge is 2.08. The molecule has 0 amide bonds. The number of nitrogens with zero attached hydrogens (tertiary/aromatic N) is 5. The summed E-state index contributed by atoms with van der Waals surface area (Å²) in [5.74, 6) is 0.946. The number of fused-ring (bicyclic) bond motifs is 1. The molecule has 0 aliphatic rings. The van der Waals surface area contributed by atoms with Gasteiger partial charge in [0.15, 0.2) is 0 Å². The largest absolute Gasteiger partial charge is 0.324 e. The number of azide groups is 1. The highest BCUT2D eigenvalue weighted by Crippen LogP contribution is 2.23. The molecule has 0 aliphatic carbocycles. The third kappa shape index (κ3) is 2.22. The summed E-state index contributed by atoms with van der Waals surface area (Å²) in [5, 5.41) is 3.61. The molecule has 0 radical (unpaired) electrons. The molecule has 0 atom stereocenters. The van der Waals surface area contributed by atoms with Crippen molar-refractivity contribution in [1.82, 2.24) is 9.55 Å². The van der Waals surface area contributed by atoms with Gasteiger partial charge in [0.2, 0.25) is 0 Å². The lowest BCUT2D eigenvalue weighted by Crippen LogP contribution is -2.01. The molecule has 0 N–H and O–H groups in total. The molecule has 2 aromatic carbocycles. The van der Waals surface area contributed by atoms with E-state index in [2.05, 4.69) is 31.7 Å². The molecule has 1 aromatic heterocycles. The van der Waals surface area contributed by atoms with Crippen molar-refractivity contribution in [2.24, 2.45) is 5.11 Å². The van der Waals surface area contributed by atoms with Crippen LogP contribution in [0.1, 0.15) is 11.4 Å². The van der Waals surface area contributed by atoms with Gasteiger partial charge in [-0.15, -0.1) is 0 Å². The first-order valence-electron chi connectivity index (χ1n) is 6.34. The summed E-state index contributed by atoms with van der Waals surface area (Å²) in [4.78, 5) is 7.33. The minimum absolute atomic E-state index is 0.587. The number of aromatic nitrogens is 2. The number of rotatable bonds is 3. The Morgan fingerprint density at radius 3 is 2.75 bits per heavy atom. The SMILES string of the molecule is Cc1nc2cc(N=[N+]=[N-])ccc2n1Cc1ccccc1. The fourth-order valence-corrected chi connectivity index (χ4v) is 2.32. The molecular weight excluding hydrogens is 250 g/mol. The van der Waals surface area contributed by atoms with E-state index < -0.39 is 0 Å². The molecule has 3 rings (SSSR count). The Bertz CT molecular complexity index is 798. The first kappa shape index (κ1) is 12.3. The third-order valence-corrected chi connectivity index (χ3v) is 3.27. The van der Waals surface area contributed by atoms with E-state index in [1.54, 1.807) is 0 Å². The van der Waals surface area contributed by atoms with Crippen LogP contribution in [0.5, 0.6) is 0 Å². The summed E-state index contributed by atoms with van der Waals surface area (Å²) >= 11 is 0. The molecule has 5 nitrogen and oxygen atoms in total. The van der Waals surface area contributed by atoms with Crippen molar-refractivity contribution in [3.8, 4) is 0 Å². The maximum Gasteiger partial charge on any atom is 0.107 e. The number of hydrogen-bond acceptors (Lipinski definition) is 2. The van der Waals surface area contributed by atoms with E-state index in [-0.39, 0.29) is 0 Å². The summed E-state index contributed by atoms with van der Waals surface area (Å²) in [6.07, 6.45) is 0. The maximum atomic E-state index is 8.48. The standard InChI is InChI=1S/C15H13N5/c1-11-17-14-9-13(18-19-16)7-8-15(14)20(11)10-12-5-3-2-4-6-12/h2-9H,10H2,1H3. The Labute approximate surface area is 116 Å². The van der Waals surface area contributed by atoms with Gasteiger partial charge in [-0.25, -0.2) is 4.98 Å². The monoisotopic (exact) mass is 263 g/mol. The van der Waals surface area contributed by atoms with Crippen LogP contribution in [-0.2, 0) is 6.54 Å². The third-order valence-electron chi connectivity index (χ3n) is 3.27. The summed E-state index contributed by atoms with van der Waals surface area (Å²) in [5.41, 5.74) is 12.2. The Kier molecular flexibility index (Phi) is 3.11. The molecule has 0 spiro atoms. The van der Waals surface area contributed by atoms with E-state index in [4.69, 9.17) is 5.53 Å². The van der Waals surface area contributed by atoms with E-state index in [0.29, 0.717) is 5.69 Å². The topological polar surface area (TPSA) is 66.6 Å². The normalized spacial score (nSPS) is 10.4. The van der Waals surface area contributed by atoms with Gasteiger partial charge in [-0.1, -0.05) is 41.5 Å². The van der Waals surface area contributed by atoms with Crippen molar-refractivity contribution < 1.29 is 0 Å². The minimum Gasteiger partial charge on any atom is -0.324 e. The molecule has 98 valence electrons. The predicted molar refractivity (Wildman–Crippen MR) is 78.8 cm³/mol. The van der Waals surface area contributed by atoms with Crippen molar-refractivity contribution in [1.29, 1.82) is 0 Å². The second kappa shape index (κ2) is 5.07. The van der Waals surface area contributed by atoms with Crippen LogP contribution < -0.4 is 0 Å². The smallest absolute Gasteiger partial charge is 0.107 e. The van der Waals surface area contributed by atoms with Gasteiger partial charge in [-0.05, 0) is 30.2 Å². The van der Waals surface area contributed by atoms with Crippen molar-refractivity contribution in [2.45, 2.75) is 13.5 Å². The zero-order valence-electron chi connectivity index (χ0n) is 11.1. The highest BCUT2D eigenvalue weighted by molar-refractivity contribution is 5.79. The molecular formula is C15H13N5. The minimum atomic E-state index is 0.587. The maximum absolute atomic E-state index is 8.48. The Morgan fingerprint density at radius 1 is 1.20 bits per heavy atom. The summed E-state index contributed by atoms with van der Waals surface area (Å²) in [7, 11) is 0. The molecule has 0 bridgehead atoms. The van der Waals surface area contributed by atoms with E-state index >= 15 is 0 Å². The van der Waals surface area contributed by atoms with Gasteiger partial charge >= 0.3 is 0 Å². The zero-order chi connectivity index (χ0) is 13.9. The number of aryl methyl sites for hydroxylation is 1. The van der Waals surface area contributed by atoms with Gasteiger partial charge in [0.05, 0.1) is 11.0 Å². The summed E-state index contributed by atoms with van der Waals surface area (Å²) < 4.78 is 2.16. The molecule has 3 aromatic rings. The average molecular weight is 263 g/mol. The van der Waals surface area contributed by atoms with Crippen LogP contribution in [-0.4, -0.2) is 9.55 Å². The number of imidazole rings is 1. The van der Waals surface area contributed by atoms with Crippen LogP contribution >= 0.6 is 0 Å². The van der Waals surface area contributed by atoms with E-state index in [1.165, 1.54) is 5.56 Å². The molecule has 0 saturated carbocycles. The second-order valence-electron chi connectivity index (χ2n) is 4.59. The lowest BCUT2D eigenvalue weighted by Gasteiger charge is -2.06. The van der Waals surface area contributed by atoms with Crippen LogP contribution in [0.3, 0.4) is 0 Å². The highest BCUT2D eigenvalue weighted by atomic mass is 15.1. The first-order valence-corrected chi connectivity index (χ1v) is 6.34. The van der Waals surface area contributed by atoms with E-state index in [9.17, 15) is 0 Å². The summed E-state index contributed by atoms with van der Waals surface area (Å²) in [6.45, 7) is 2.76. The fraction of sp³-hybridized carbons (Fsp3) is 0.133. The van der Waals surface area contributed by atoms with Crippen LogP contribution in [0, 0.1) is 6.92 Å². The van der Waals surface area contributed by atoms with Crippen LogP contribution in [0.25, 0.3) is 21.5 Å². The van der Waals surface area contributed by atoms with E-state index in [1.807, 2.05) is 43.3 Å². The lowest BCUT2D eigenvalue weighted by atomic mass is 10.2. The lowest BCUT2D eigenvalue weighted by molar-refractivity contribution is 0.786. The van der Waals surface area contributed by atoms with Crippen molar-refractivity contribution >= 4 is 16.7 Å². The van der Waals surface area contributed by atoms with Gasteiger partial charge in [-0.2, -0.15) is 0 Å². The second-order valence-corrected chi connectivity index (χ2v) is 4.59. The van der Waals surface area contributed by atoms with Gasteiger partial charge in [0, 0.05) is 17.1 Å². The number of benzene rings is 2. The Balaban J connectivity index is 2.07. The number of hydrogen-bond donors (Lipinski definition) is 0. The molecule has 5 heteroatoms. The van der Waals surface area contributed by atoms with Gasteiger partial charge in [0.1, 0.15) is 5.82 Å². The quantitative estimate of drug-likeness (QED) is 0.394. The first-order chi connectivity index (χ1) is 9.78. The van der Waals surface area contributed by atoms with Crippen molar-refractivity contribution in [3.63, 3.8) is 0 Å². The zero-order valence-corrected chi connectivity index (χ0v) is 11.1. The summed E-state index contributed by atoms with van der Waals surface area (Å²) in [6, 6.07) is 15.8. The molecule has 0 aliphatic heterocycles. The van der Waals surface area contributed by atoms with Crippen LogP contribution in [0.2, 0.25) is 0 Å². The van der Waals surface area contributed by atoms with E-state index in [0.717, 1.165) is 23.4 Å². The Morgan fingerprint density at radius 2 is 2.00 bits per heavy atom. The predicted octanol–water partition coefficient (Wildman–Crippen LogP) is 4.33. The molecule has 1 heterocycles. The molecule has 0 unspecified atom stereocenters. The van der Waals surface area contributed by atoms with Gasteiger partial charge in [-0.3, -0.25) is 0 Å². The average Bonchev–Trinajstić information content (AvgIpc) is 2.76. The van der Waals surface area contributed by atoms with Gasteiger partial charge in [0.25, 0.3) is 0 Å². The Hall–Kier alpha value is -2.78. The van der Waals surface area contributed by atoms with Crippen LogP contribution in [0.15, 0.2) is 53.6 Å². The van der Waals surface area contributed by atoms with Crippen LogP contribution in [0.4, 0.5) is 5.69 Å². The van der Waals surface area contributed by atoms with Gasteiger partial charge < -0.3 is 4.57 Å². The fourth-order valence-electron chi connectivity index (χ4n) is 2.32. The van der Waals surface area contributed by atoms with Crippen molar-refractivity contribution in [2.75, 3.05) is 0 Å². The van der Waals surface area contributed by atoms with Crippen molar-refractivity contribution in [3.05, 3.63) is 70.4 Å². The molecule has 0 saturated heterocycles. The molecule has 0 fully saturated rings.